The molecule has 186 valence electrons. The molecule has 0 bridgehead atoms. The van der Waals surface area contributed by atoms with Crippen molar-refractivity contribution >= 4 is 18.0 Å². The van der Waals surface area contributed by atoms with Crippen molar-refractivity contribution in [2.45, 2.75) is 91.0 Å². The molecule has 3 unspecified atom stereocenters. The number of hydrogen-bond acceptors (Lipinski definition) is 5. The molecular formula is C21H32F5NO5. The number of ether oxygens (including phenoxy) is 2. The zero-order valence-electron chi connectivity index (χ0n) is 19.2. The average molecular weight is 473 g/mol. The quantitative estimate of drug-likeness (QED) is 0.334. The van der Waals surface area contributed by atoms with Crippen LogP contribution in [0.25, 0.3) is 0 Å². The second-order valence-electron chi connectivity index (χ2n) is 9.61. The van der Waals surface area contributed by atoms with E-state index < -0.39 is 79.2 Å². The molecule has 0 aromatic heterocycles. The third-order valence-corrected chi connectivity index (χ3v) is 5.06. The van der Waals surface area contributed by atoms with Crippen LogP contribution in [0, 0.1) is 17.8 Å². The van der Waals surface area contributed by atoms with Crippen LogP contribution in [0.1, 0.15) is 67.2 Å². The molecule has 1 saturated heterocycles. The molecule has 0 N–H and O–H groups in total. The molecule has 32 heavy (non-hydrogen) atoms. The SMILES string of the molecule is CC(C)C1COC(=O)N1C(=O)C(CCC(F)(F)F)C(CCC(C)(F)F)C(=O)OC(C)(C)C. The molecule has 2 amide bonds. The van der Waals surface area contributed by atoms with Gasteiger partial charge in [-0.1, -0.05) is 13.8 Å². The summed E-state index contributed by atoms with van der Waals surface area (Å²) in [5, 5.41) is 0. The normalized spacial score (nSPS) is 19.7. The summed E-state index contributed by atoms with van der Waals surface area (Å²) in [7, 11) is 0. The maximum Gasteiger partial charge on any atom is 0.416 e. The first kappa shape index (κ1) is 28.1. The molecule has 1 heterocycles. The average Bonchev–Trinajstić information content (AvgIpc) is 2.95. The molecule has 0 saturated carbocycles. The van der Waals surface area contributed by atoms with Gasteiger partial charge >= 0.3 is 18.2 Å². The molecule has 0 radical (unpaired) electrons. The Morgan fingerprint density at radius 1 is 1.03 bits per heavy atom. The Bertz CT molecular complexity index is 682. The van der Waals surface area contributed by atoms with Crippen LogP contribution >= 0.6 is 0 Å². The third-order valence-electron chi connectivity index (χ3n) is 5.06. The Morgan fingerprint density at radius 2 is 1.56 bits per heavy atom. The minimum Gasteiger partial charge on any atom is -0.460 e. The molecule has 0 aromatic rings. The van der Waals surface area contributed by atoms with Crippen LogP contribution < -0.4 is 0 Å². The highest BCUT2D eigenvalue weighted by Gasteiger charge is 2.47. The molecule has 1 aliphatic heterocycles. The van der Waals surface area contributed by atoms with Gasteiger partial charge in [0, 0.05) is 12.8 Å². The van der Waals surface area contributed by atoms with Crippen LogP contribution in [-0.4, -0.2) is 53.2 Å². The lowest BCUT2D eigenvalue weighted by molar-refractivity contribution is -0.169. The molecule has 1 rings (SSSR count). The van der Waals surface area contributed by atoms with Gasteiger partial charge in [-0.2, -0.15) is 13.2 Å². The highest BCUT2D eigenvalue weighted by Crippen LogP contribution is 2.36. The van der Waals surface area contributed by atoms with E-state index >= 15 is 0 Å². The van der Waals surface area contributed by atoms with Gasteiger partial charge in [-0.25, -0.2) is 18.5 Å². The monoisotopic (exact) mass is 473 g/mol. The lowest BCUT2D eigenvalue weighted by Gasteiger charge is -2.32. The Hall–Kier alpha value is -1.94. The van der Waals surface area contributed by atoms with Crippen molar-refractivity contribution in [3.05, 3.63) is 0 Å². The minimum atomic E-state index is -4.66. The van der Waals surface area contributed by atoms with Gasteiger partial charge in [0.2, 0.25) is 11.8 Å². The first-order valence-electron chi connectivity index (χ1n) is 10.5. The topological polar surface area (TPSA) is 72.9 Å². The Labute approximate surface area is 184 Å². The number of hydrogen-bond donors (Lipinski definition) is 0. The predicted molar refractivity (Wildman–Crippen MR) is 105 cm³/mol. The van der Waals surface area contributed by atoms with Crippen LogP contribution in [0.15, 0.2) is 0 Å². The van der Waals surface area contributed by atoms with E-state index in [9.17, 15) is 36.3 Å². The Kier molecular flexibility index (Phi) is 9.07. The molecule has 1 aliphatic rings. The molecule has 0 spiro atoms. The van der Waals surface area contributed by atoms with Crippen molar-refractivity contribution < 1.29 is 45.8 Å². The number of nitrogens with zero attached hydrogens (tertiary/aromatic N) is 1. The number of halogens is 5. The fraction of sp³-hybridized carbons (Fsp3) is 0.857. The van der Waals surface area contributed by atoms with Crippen molar-refractivity contribution in [3.8, 4) is 0 Å². The van der Waals surface area contributed by atoms with Crippen LogP contribution in [0.3, 0.4) is 0 Å². The lowest BCUT2D eigenvalue weighted by Crippen LogP contribution is -2.48. The number of carbonyl (C=O) groups is 3. The zero-order chi connectivity index (χ0) is 25.1. The molecule has 6 nitrogen and oxygen atoms in total. The molecule has 1 fully saturated rings. The summed E-state index contributed by atoms with van der Waals surface area (Å²) in [6.07, 6.45) is -9.40. The van der Waals surface area contributed by atoms with E-state index in [1.165, 1.54) is 20.8 Å². The van der Waals surface area contributed by atoms with Crippen molar-refractivity contribution in [1.29, 1.82) is 0 Å². The van der Waals surface area contributed by atoms with Crippen molar-refractivity contribution in [1.82, 2.24) is 4.90 Å². The number of imide groups is 1. The molecule has 11 heteroatoms. The lowest BCUT2D eigenvalue weighted by atomic mass is 9.82. The summed E-state index contributed by atoms with van der Waals surface area (Å²) in [6, 6.07) is -0.740. The summed E-state index contributed by atoms with van der Waals surface area (Å²) in [5.41, 5.74) is -1.06. The smallest absolute Gasteiger partial charge is 0.416 e. The third kappa shape index (κ3) is 8.90. The molecule has 0 aliphatic carbocycles. The highest BCUT2D eigenvalue weighted by atomic mass is 19.4. The molecule has 0 aromatic carbocycles. The fourth-order valence-corrected chi connectivity index (χ4v) is 3.44. The van der Waals surface area contributed by atoms with Gasteiger partial charge in [0.25, 0.3) is 0 Å². The number of cyclic esters (lactones) is 1. The van der Waals surface area contributed by atoms with Crippen LogP contribution in [0.5, 0.6) is 0 Å². The molecular weight excluding hydrogens is 441 g/mol. The summed E-state index contributed by atoms with van der Waals surface area (Å²) in [5.74, 6) is -8.86. The van der Waals surface area contributed by atoms with Gasteiger partial charge in [0.15, 0.2) is 0 Å². The summed E-state index contributed by atoms with van der Waals surface area (Å²) in [4.78, 5) is 39.0. The van der Waals surface area contributed by atoms with E-state index in [1.54, 1.807) is 13.8 Å². The van der Waals surface area contributed by atoms with Crippen LogP contribution in [-0.2, 0) is 19.1 Å². The number of rotatable bonds is 9. The number of carbonyl (C=O) groups excluding carboxylic acids is 3. The minimum absolute atomic E-state index is 0.141. The predicted octanol–water partition coefficient (Wildman–Crippen LogP) is 5.34. The second kappa shape index (κ2) is 10.3. The van der Waals surface area contributed by atoms with E-state index in [1.807, 2.05) is 0 Å². The number of alkyl halides is 5. The van der Waals surface area contributed by atoms with Gasteiger partial charge < -0.3 is 9.47 Å². The zero-order valence-corrected chi connectivity index (χ0v) is 19.2. The van der Waals surface area contributed by atoms with E-state index in [2.05, 4.69) is 0 Å². The number of esters is 1. The number of amides is 2. The van der Waals surface area contributed by atoms with E-state index in [0.717, 1.165) is 0 Å². The van der Waals surface area contributed by atoms with E-state index in [0.29, 0.717) is 11.8 Å². The maximum atomic E-state index is 13.6. The van der Waals surface area contributed by atoms with Crippen LogP contribution in [0.2, 0.25) is 0 Å². The standard InChI is InChI=1S/C21H32F5NO5/c1-12(2)15-11-31-18(30)27(15)16(28)13(8-10-21(24,25)26)14(7-9-20(6,22)23)17(29)32-19(3,4)5/h12-15H,7-11H2,1-6H3. The largest absolute Gasteiger partial charge is 0.460 e. The van der Waals surface area contributed by atoms with Gasteiger partial charge in [-0.15, -0.1) is 0 Å². The van der Waals surface area contributed by atoms with E-state index in [4.69, 9.17) is 9.47 Å². The van der Waals surface area contributed by atoms with Gasteiger partial charge in [0.05, 0.1) is 17.9 Å². The highest BCUT2D eigenvalue weighted by molar-refractivity contribution is 5.96. The van der Waals surface area contributed by atoms with Crippen molar-refractivity contribution in [2.24, 2.45) is 17.8 Å². The van der Waals surface area contributed by atoms with Crippen molar-refractivity contribution in [3.63, 3.8) is 0 Å². The van der Waals surface area contributed by atoms with Crippen molar-refractivity contribution in [2.75, 3.05) is 6.61 Å². The maximum absolute atomic E-state index is 13.6. The van der Waals surface area contributed by atoms with Gasteiger partial charge in [-0.3, -0.25) is 9.59 Å². The van der Waals surface area contributed by atoms with Gasteiger partial charge in [0.1, 0.15) is 12.2 Å². The molecule has 3 atom stereocenters. The van der Waals surface area contributed by atoms with Gasteiger partial charge in [-0.05, 0) is 46.5 Å². The summed E-state index contributed by atoms with van der Waals surface area (Å²) in [6.45, 7) is 8.39. The second-order valence-corrected chi connectivity index (χ2v) is 9.61. The van der Waals surface area contributed by atoms with Crippen LogP contribution in [0.4, 0.5) is 26.7 Å². The first-order valence-corrected chi connectivity index (χ1v) is 10.5. The summed E-state index contributed by atoms with van der Waals surface area (Å²) < 4.78 is 76.2. The first-order chi connectivity index (χ1) is 14.3. The summed E-state index contributed by atoms with van der Waals surface area (Å²) >= 11 is 0. The fourth-order valence-electron chi connectivity index (χ4n) is 3.44. The van der Waals surface area contributed by atoms with E-state index in [-0.39, 0.29) is 12.5 Å². The Balaban J connectivity index is 3.37. The Morgan fingerprint density at radius 3 is 2.00 bits per heavy atom.